The van der Waals surface area contributed by atoms with Crippen molar-refractivity contribution in [1.82, 2.24) is 4.90 Å². The topological polar surface area (TPSA) is 3.24 Å². The molecule has 0 aliphatic heterocycles. The van der Waals surface area contributed by atoms with Gasteiger partial charge in [0.2, 0.25) is 0 Å². The van der Waals surface area contributed by atoms with E-state index >= 15 is 0 Å². The number of rotatable bonds is 3. The van der Waals surface area contributed by atoms with Crippen LogP contribution in [0.5, 0.6) is 0 Å². The first kappa shape index (κ1) is 17.0. The Balaban J connectivity index is 0.000000361. The van der Waals surface area contributed by atoms with Gasteiger partial charge in [0.05, 0.1) is 19.6 Å². The number of nitrogens with zero attached hydrogens (tertiary/aromatic N) is 1. The summed E-state index contributed by atoms with van der Waals surface area (Å²) in [4.78, 5) is 1.83. The van der Waals surface area contributed by atoms with Gasteiger partial charge in [0, 0.05) is 11.1 Å². The van der Waals surface area contributed by atoms with E-state index in [2.05, 4.69) is 29.6 Å². The Labute approximate surface area is 122 Å². The van der Waals surface area contributed by atoms with E-state index in [4.69, 9.17) is 32.1 Å². The van der Waals surface area contributed by atoms with Crippen LogP contribution >= 0.6 is 0 Å². The molecule has 0 unspecified atom stereocenters. The lowest BCUT2D eigenvalue weighted by atomic mass is 10.1. The van der Waals surface area contributed by atoms with Crippen LogP contribution in [0.1, 0.15) is 11.1 Å². The quantitative estimate of drug-likeness (QED) is 0.747. The lowest BCUT2D eigenvalue weighted by Gasteiger charge is -2.11. The highest BCUT2D eigenvalue weighted by Crippen LogP contribution is 2.00. The van der Waals surface area contributed by atoms with Gasteiger partial charge in [-0.15, -0.1) is 32.1 Å². The molecule has 1 rings (SSSR count). The lowest BCUT2D eigenvalue weighted by molar-refractivity contribution is 0.390. The maximum atomic E-state index is 5.14. The van der Waals surface area contributed by atoms with Crippen LogP contribution in [0.25, 0.3) is 0 Å². The van der Waals surface area contributed by atoms with E-state index in [1.54, 1.807) is 0 Å². The van der Waals surface area contributed by atoms with Crippen molar-refractivity contribution in [3.63, 3.8) is 0 Å². The van der Waals surface area contributed by atoms with Crippen LogP contribution in [0.3, 0.4) is 0 Å². The molecular weight excluding hydrogens is 242 g/mol. The molecule has 0 atom stereocenters. The summed E-state index contributed by atoms with van der Waals surface area (Å²) in [5, 5.41) is 0. The summed E-state index contributed by atoms with van der Waals surface area (Å²) in [6.07, 6.45) is 25.5. The molecule has 0 heterocycles. The van der Waals surface area contributed by atoms with Crippen LogP contribution in [0.4, 0.5) is 0 Å². The van der Waals surface area contributed by atoms with E-state index in [0.717, 1.165) is 11.1 Å². The molecular formula is C19H15N. The van der Waals surface area contributed by atoms with E-state index in [0.29, 0.717) is 19.6 Å². The Morgan fingerprint density at radius 3 is 1.15 bits per heavy atom. The molecule has 96 valence electrons. The van der Waals surface area contributed by atoms with Gasteiger partial charge in [0.15, 0.2) is 0 Å². The second-order valence-corrected chi connectivity index (χ2v) is 3.62. The number of terminal acetylenes is 5. The van der Waals surface area contributed by atoms with Gasteiger partial charge in [-0.25, -0.2) is 0 Å². The van der Waals surface area contributed by atoms with Gasteiger partial charge >= 0.3 is 0 Å². The monoisotopic (exact) mass is 257 g/mol. The van der Waals surface area contributed by atoms with Crippen molar-refractivity contribution in [3.8, 4) is 61.7 Å². The molecule has 0 saturated carbocycles. The van der Waals surface area contributed by atoms with Gasteiger partial charge in [-0.05, 0) is 24.3 Å². The van der Waals surface area contributed by atoms with Gasteiger partial charge in [0.1, 0.15) is 0 Å². The highest BCUT2D eigenvalue weighted by Gasteiger charge is 1.95. The van der Waals surface area contributed by atoms with Crippen molar-refractivity contribution in [2.75, 3.05) is 19.6 Å². The molecule has 1 heteroatoms. The smallest absolute Gasteiger partial charge is 0.0616 e. The van der Waals surface area contributed by atoms with Crippen LogP contribution in [-0.4, -0.2) is 24.5 Å². The van der Waals surface area contributed by atoms with E-state index in [9.17, 15) is 0 Å². The second-order valence-electron chi connectivity index (χ2n) is 3.62. The minimum atomic E-state index is 0.522. The number of benzene rings is 1. The van der Waals surface area contributed by atoms with Crippen LogP contribution < -0.4 is 0 Å². The number of hydrogen-bond acceptors (Lipinski definition) is 1. The lowest BCUT2D eigenvalue weighted by Crippen LogP contribution is -2.24. The highest BCUT2D eigenvalue weighted by molar-refractivity contribution is 5.39. The Hall–Kier alpha value is -3.02. The van der Waals surface area contributed by atoms with Gasteiger partial charge in [0.25, 0.3) is 0 Å². The fourth-order valence-corrected chi connectivity index (χ4v) is 1.22. The van der Waals surface area contributed by atoms with Crippen LogP contribution in [0, 0.1) is 61.7 Å². The summed E-state index contributed by atoms with van der Waals surface area (Å²) in [7, 11) is 0. The van der Waals surface area contributed by atoms with E-state index in [1.165, 1.54) is 0 Å². The molecule has 0 radical (unpaired) electrons. The molecule has 0 bridgehead atoms. The maximum Gasteiger partial charge on any atom is 0.0616 e. The number of hydrogen-bond donors (Lipinski definition) is 0. The summed E-state index contributed by atoms with van der Waals surface area (Å²) < 4.78 is 0. The van der Waals surface area contributed by atoms with Crippen molar-refractivity contribution in [2.45, 2.75) is 0 Å². The largest absolute Gasteiger partial charge is 0.270 e. The minimum Gasteiger partial charge on any atom is -0.270 e. The van der Waals surface area contributed by atoms with Crippen molar-refractivity contribution in [2.24, 2.45) is 0 Å². The fourth-order valence-electron chi connectivity index (χ4n) is 1.22. The summed E-state index contributed by atoms with van der Waals surface area (Å²) >= 11 is 0. The zero-order valence-electron chi connectivity index (χ0n) is 11.3. The molecule has 1 aromatic rings. The standard InChI is InChI=1S/C10H6.C9H9N/c1-3-9-5-7-10(4-2)8-6-9;1-4-7-10(8-5-2)9-6-3/h1-2,5-8H;1-3H,7-9H2. The molecule has 20 heavy (non-hydrogen) atoms. The zero-order chi connectivity index (χ0) is 15.2. The third kappa shape index (κ3) is 7.33. The molecule has 0 amide bonds. The Kier molecular flexibility index (Phi) is 9.42. The molecule has 0 aliphatic carbocycles. The average molecular weight is 257 g/mol. The summed E-state index contributed by atoms with van der Waals surface area (Å²) in [6.45, 7) is 1.57. The van der Waals surface area contributed by atoms with Crippen LogP contribution in [0.15, 0.2) is 24.3 Å². The third-order valence-corrected chi connectivity index (χ3v) is 2.16. The predicted octanol–water partition coefficient (Wildman–Crippen LogP) is 1.84. The first-order valence-corrected chi connectivity index (χ1v) is 5.77. The van der Waals surface area contributed by atoms with E-state index < -0.39 is 0 Å². The van der Waals surface area contributed by atoms with Gasteiger partial charge in [-0.3, -0.25) is 4.90 Å². The Bertz CT molecular complexity index is 530. The van der Waals surface area contributed by atoms with Gasteiger partial charge < -0.3 is 0 Å². The third-order valence-electron chi connectivity index (χ3n) is 2.16. The van der Waals surface area contributed by atoms with Crippen LogP contribution in [-0.2, 0) is 0 Å². The Morgan fingerprint density at radius 1 is 0.650 bits per heavy atom. The molecule has 0 aromatic heterocycles. The van der Waals surface area contributed by atoms with Crippen molar-refractivity contribution >= 4 is 0 Å². The molecule has 1 aromatic carbocycles. The average Bonchev–Trinajstić information content (AvgIpc) is 2.49. The van der Waals surface area contributed by atoms with Gasteiger partial charge in [-0.1, -0.05) is 29.6 Å². The fraction of sp³-hybridized carbons (Fsp3) is 0.158. The molecule has 1 nitrogen and oxygen atoms in total. The predicted molar refractivity (Wildman–Crippen MR) is 85.3 cm³/mol. The SMILES string of the molecule is C#CCN(CC#C)CC#C.C#Cc1ccc(C#C)cc1. The molecule has 0 aliphatic rings. The molecule has 0 saturated heterocycles. The highest BCUT2D eigenvalue weighted by atomic mass is 15.1. The second kappa shape index (κ2) is 11.1. The summed E-state index contributed by atoms with van der Waals surface area (Å²) in [5.41, 5.74) is 1.72. The van der Waals surface area contributed by atoms with Crippen LogP contribution in [0.2, 0.25) is 0 Å². The van der Waals surface area contributed by atoms with E-state index in [-0.39, 0.29) is 0 Å². The first-order valence-electron chi connectivity index (χ1n) is 5.77. The van der Waals surface area contributed by atoms with Crippen molar-refractivity contribution < 1.29 is 0 Å². The van der Waals surface area contributed by atoms with Crippen molar-refractivity contribution in [1.29, 1.82) is 0 Å². The Morgan fingerprint density at radius 2 is 0.950 bits per heavy atom. The van der Waals surface area contributed by atoms with Gasteiger partial charge in [-0.2, -0.15) is 0 Å². The maximum absolute atomic E-state index is 5.14. The summed E-state index contributed by atoms with van der Waals surface area (Å²) in [5.74, 6) is 12.4. The summed E-state index contributed by atoms with van der Waals surface area (Å²) in [6, 6.07) is 7.31. The zero-order valence-corrected chi connectivity index (χ0v) is 11.3. The van der Waals surface area contributed by atoms with Crippen molar-refractivity contribution in [3.05, 3.63) is 35.4 Å². The first-order chi connectivity index (χ1) is 9.71. The molecule has 0 N–H and O–H groups in total. The minimum absolute atomic E-state index is 0.522. The van der Waals surface area contributed by atoms with E-state index in [1.807, 2.05) is 29.2 Å². The molecule has 0 fully saturated rings. The molecule has 0 spiro atoms. The normalized spacial score (nSPS) is 7.80.